The van der Waals surface area contributed by atoms with E-state index in [9.17, 15) is 9.18 Å². The molecule has 0 atom stereocenters. The molecule has 0 radical (unpaired) electrons. The topological polar surface area (TPSA) is 66.3 Å². The number of amides is 1. The Bertz CT molecular complexity index is 996. The standard InChI is InChI=1S/C20H20FN3O2S/c1-11(2)13-4-7-15(8-5-13)22-20(27)24-23-19(25)18-12(3)16-10-14(21)6-9-17(16)26-18/h4-11H,1-3H3,(H,23,25)(H2,22,24,27). The van der Waals surface area contributed by atoms with Gasteiger partial charge in [0.25, 0.3) is 0 Å². The highest BCUT2D eigenvalue weighted by Crippen LogP contribution is 2.25. The van der Waals surface area contributed by atoms with E-state index in [0.717, 1.165) is 5.69 Å². The van der Waals surface area contributed by atoms with E-state index in [-0.39, 0.29) is 16.7 Å². The monoisotopic (exact) mass is 385 g/mol. The second kappa shape index (κ2) is 7.75. The van der Waals surface area contributed by atoms with Gasteiger partial charge in [-0.1, -0.05) is 26.0 Å². The highest BCUT2D eigenvalue weighted by molar-refractivity contribution is 7.80. The molecule has 7 heteroatoms. The van der Waals surface area contributed by atoms with Gasteiger partial charge in [-0.05, 0) is 61.0 Å². The number of nitrogens with one attached hydrogen (secondary N) is 3. The molecule has 1 heterocycles. The summed E-state index contributed by atoms with van der Waals surface area (Å²) in [6.07, 6.45) is 0. The van der Waals surface area contributed by atoms with Crippen LogP contribution in [0.15, 0.2) is 46.9 Å². The van der Waals surface area contributed by atoms with Crippen LogP contribution < -0.4 is 16.2 Å². The van der Waals surface area contributed by atoms with Crippen molar-refractivity contribution in [3.05, 3.63) is 65.2 Å². The molecule has 0 fully saturated rings. The molecular weight excluding hydrogens is 365 g/mol. The predicted octanol–water partition coefficient (Wildman–Crippen LogP) is 4.64. The number of hydrogen-bond donors (Lipinski definition) is 3. The maximum Gasteiger partial charge on any atom is 0.305 e. The predicted molar refractivity (Wildman–Crippen MR) is 108 cm³/mol. The lowest BCUT2D eigenvalue weighted by Crippen LogP contribution is -2.43. The van der Waals surface area contributed by atoms with Crippen molar-refractivity contribution in [1.29, 1.82) is 0 Å². The third-order valence-corrected chi connectivity index (χ3v) is 4.43. The van der Waals surface area contributed by atoms with Gasteiger partial charge in [-0.3, -0.25) is 15.6 Å². The fraction of sp³-hybridized carbons (Fsp3) is 0.200. The van der Waals surface area contributed by atoms with Crippen molar-refractivity contribution >= 4 is 39.9 Å². The third kappa shape index (κ3) is 4.25. The van der Waals surface area contributed by atoms with Crippen LogP contribution >= 0.6 is 12.2 Å². The van der Waals surface area contributed by atoms with Crippen LogP contribution in [0.4, 0.5) is 10.1 Å². The Morgan fingerprint density at radius 3 is 2.48 bits per heavy atom. The average Bonchev–Trinajstić information content (AvgIpc) is 2.96. The molecule has 0 saturated carbocycles. The molecule has 0 saturated heterocycles. The number of fused-ring (bicyclic) bond motifs is 1. The summed E-state index contributed by atoms with van der Waals surface area (Å²) in [6, 6.07) is 12.0. The maximum atomic E-state index is 13.4. The summed E-state index contributed by atoms with van der Waals surface area (Å²) in [5, 5.41) is 3.79. The Morgan fingerprint density at radius 2 is 1.81 bits per heavy atom. The molecule has 1 amide bonds. The molecule has 0 unspecified atom stereocenters. The molecule has 2 aromatic carbocycles. The fourth-order valence-corrected chi connectivity index (χ4v) is 2.86. The normalized spacial score (nSPS) is 10.9. The minimum absolute atomic E-state index is 0.104. The summed E-state index contributed by atoms with van der Waals surface area (Å²) in [5.41, 5.74) is 8.17. The summed E-state index contributed by atoms with van der Waals surface area (Å²) in [6.45, 7) is 5.95. The molecule has 5 nitrogen and oxygen atoms in total. The van der Waals surface area contributed by atoms with E-state index in [1.807, 2.05) is 24.3 Å². The number of aryl methyl sites for hydroxylation is 1. The van der Waals surface area contributed by atoms with Crippen molar-refractivity contribution in [2.75, 3.05) is 5.32 Å². The van der Waals surface area contributed by atoms with Gasteiger partial charge in [-0.25, -0.2) is 4.39 Å². The number of hydrazine groups is 1. The average molecular weight is 385 g/mol. The molecular formula is C20H20FN3O2S. The van der Waals surface area contributed by atoms with Crippen molar-refractivity contribution in [2.24, 2.45) is 0 Å². The van der Waals surface area contributed by atoms with Gasteiger partial charge in [0, 0.05) is 16.6 Å². The van der Waals surface area contributed by atoms with Crippen LogP contribution in [0.2, 0.25) is 0 Å². The quantitative estimate of drug-likeness (QED) is 0.453. The van der Waals surface area contributed by atoms with Gasteiger partial charge in [0.05, 0.1) is 0 Å². The van der Waals surface area contributed by atoms with Gasteiger partial charge < -0.3 is 9.73 Å². The smallest absolute Gasteiger partial charge is 0.305 e. The Balaban J connectivity index is 1.62. The number of benzene rings is 2. The molecule has 0 aliphatic rings. The van der Waals surface area contributed by atoms with Crippen LogP contribution in [0.5, 0.6) is 0 Å². The molecule has 3 aromatic rings. The number of anilines is 1. The SMILES string of the molecule is Cc1c(C(=O)NNC(=S)Nc2ccc(C(C)C)cc2)oc2ccc(F)cc12. The Morgan fingerprint density at radius 1 is 1.11 bits per heavy atom. The van der Waals surface area contributed by atoms with E-state index in [2.05, 4.69) is 30.0 Å². The first-order valence-electron chi connectivity index (χ1n) is 8.51. The maximum absolute atomic E-state index is 13.4. The third-order valence-electron chi connectivity index (χ3n) is 4.23. The summed E-state index contributed by atoms with van der Waals surface area (Å²) in [7, 11) is 0. The van der Waals surface area contributed by atoms with E-state index in [1.165, 1.54) is 23.8 Å². The number of hydrogen-bond acceptors (Lipinski definition) is 3. The zero-order valence-electron chi connectivity index (χ0n) is 15.2. The van der Waals surface area contributed by atoms with E-state index < -0.39 is 5.91 Å². The van der Waals surface area contributed by atoms with Gasteiger partial charge in [-0.2, -0.15) is 0 Å². The molecule has 0 bridgehead atoms. The summed E-state index contributed by atoms with van der Waals surface area (Å²) in [4.78, 5) is 12.3. The number of furan rings is 1. The molecule has 3 N–H and O–H groups in total. The summed E-state index contributed by atoms with van der Waals surface area (Å²) in [5.74, 6) is -0.329. The second-order valence-electron chi connectivity index (χ2n) is 6.51. The fourth-order valence-electron chi connectivity index (χ4n) is 2.69. The number of thiocarbonyl (C=S) groups is 1. The van der Waals surface area contributed by atoms with Crippen LogP contribution in [-0.4, -0.2) is 11.0 Å². The zero-order chi connectivity index (χ0) is 19.6. The minimum Gasteiger partial charge on any atom is -0.451 e. The summed E-state index contributed by atoms with van der Waals surface area (Å²) >= 11 is 5.19. The minimum atomic E-state index is -0.497. The van der Waals surface area contributed by atoms with Crippen molar-refractivity contribution in [2.45, 2.75) is 26.7 Å². The van der Waals surface area contributed by atoms with E-state index in [0.29, 0.717) is 22.5 Å². The van der Waals surface area contributed by atoms with Crippen molar-refractivity contribution < 1.29 is 13.6 Å². The van der Waals surface area contributed by atoms with E-state index in [4.69, 9.17) is 16.6 Å². The van der Waals surface area contributed by atoms with Crippen LogP contribution in [0, 0.1) is 12.7 Å². The van der Waals surface area contributed by atoms with Gasteiger partial charge in [0.1, 0.15) is 11.4 Å². The molecule has 1 aromatic heterocycles. The van der Waals surface area contributed by atoms with Gasteiger partial charge in [0.15, 0.2) is 10.9 Å². The molecule has 140 valence electrons. The first kappa shape index (κ1) is 18.8. The van der Waals surface area contributed by atoms with Gasteiger partial charge >= 0.3 is 5.91 Å². The zero-order valence-corrected chi connectivity index (χ0v) is 16.0. The number of rotatable bonds is 3. The molecule has 3 rings (SSSR count). The van der Waals surface area contributed by atoms with Crippen LogP contribution in [-0.2, 0) is 0 Å². The molecule has 0 spiro atoms. The van der Waals surface area contributed by atoms with E-state index >= 15 is 0 Å². The number of carbonyl (C=O) groups excluding carboxylic acids is 1. The number of carbonyl (C=O) groups is 1. The van der Waals surface area contributed by atoms with Crippen molar-refractivity contribution in [1.82, 2.24) is 10.9 Å². The van der Waals surface area contributed by atoms with Crippen LogP contribution in [0.25, 0.3) is 11.0 Å². The second-order valence-corrected chi connectivity index (χ2v) is 6.91. The Kier molecular flexibility index (Phi) is 5.41. The lowest BCUT2D eigenvalue weighted by Gasteiger charge is -2.12. The highest BCUT2D eigenvalue weighted by atomic mass is 32.1. The largest absolute Gasteiger partial charge is 0.451 e. The lowest BCUT2D eigenvalue weighted by molar-refractivity contribution is 0.0917. The number of halogens is 1. The van der Waals surface area contributed by atoms with Gasteiger partial charge in [-0.15, -0.1) is 0 Å². The van der Waals surface area contributed by atoms with Gasteiger partial charge in [0.2, 0.25) is 0 Å². The van der Waals surface area contributed by atoms with E-state index in [1.54, 1.807) is 6.92 Å². The Hall–Kier alpha value is -2.93. The Labute approximate surface area is 161 Å². The van der Waals surface area contributed by atoms with Crippen LogP contribution in [0.1, 0.15) is 41.4 Å². The first-order chi connectivity index (χ1) is 12.8. The van der Waals surface area contributed by atoms with Crippen molar-refractivity contribution in [3.63, 3.8) is 0 Å². The lowest BCUT2D eigenvalue weighted by atomic mass is 10.0. The van der Waals surface area contributed by atoms with Crippen LogP contribution in [0.3, 0.4) is 0 Å². The molecule has 0 aliphatic heterocycles. The van der Waals surface area contributed by atoms with Crippen molar-refractivity contribution in [3.8, 4) is 0 Å². The first-order valence-corrected chi connectivity index (χ1v) is 8.92. The summed E-state index contributed by atoms with van der Waals surface area (Å²) < 4.78 is 18.9. The highest BCUT2D eigenvalue weighted by Gasteiger charge is 2.18. The molecule has 27 heavy (non-hydrogen) atoms. The molecule has 0 aliphatic carbocycles.